The van der Waals surface area contributed by atoms with Crippen LogP contribution in [-0.4, -0.2) is 76.7 Å². The van der Waals surface area contributed by atoms with E-state index in [1.807, 2.05) is 48.5 Å². The number of H-pyrrole nitrogens is 1. The molecule has 2 saturated heterocycles. The summed E-state index contributed by atoms with van der Waals surface area (Å²) in [6, 6.07) is 16.3. The number of benzene rings is 2. The molecule has 8 nitrogen and oxygen atoms in total. The number of hydrogen-bond acceptors (Lipinski definition) is 6. The third kappa shape index (κ3) is 5.75. The molecule has 6 rings (SSSR count). The Hall–Kier alpha value is -3.33. The van der Waals surface area contributed by atoms with Crippen LogP contribution in [0.1, 0.15) is 49.2 Å². The van der Waals surface area contributed by atoms with E-state index in [2.05, 4.69) is 33.9 Å². The first kappa shape index (κ1) is 26.9. The number of aromatic nitrogens is 1. The van der Waals surface area contributed by atoms with Crippen LogP contribution in [0.4, 0.5) is 0 Å². The molecule has 40 heavy (non-hydrogen) atoms. The summed E-state index contributed by atoms with van der Waals surface area (Å²) in [4.78, 5) is 21.5. The van der Waals surface area contributed by atoms with Gasteiger partial charge in [-0.05, 0) is 56.4 Å². The number of carbonyl (C=O) groups excluding carboxylic acids is 1. The maximum absolute atomic E-state index is 13.2. The summed E-state index contributed by atoms with van der Waals surface area (Å²) in [6.07, 6.45) is 4.33. The van der Waals surface area contributed by atoms with Crippen LogP contribution in [0, 0.1) is 5.92 Å². The van der Waals surface area contributed by atoms with Crippen molar-refractivity contribution in [2.75, 3.05) is 32.7 Å². The summed E-state index contributed by atoms with van der Waals surface area (Å²) in [7, 11) is 0. The van der Waals surface area contributed by atoms with Gasteiger partial charge in [-0.2, -0.15) is 0 Å². The molecule has 2 aliphatic heterocycles. The highest BCUT2D eigenvalue weighted by Crippen LogP contribution is 2.29. The van der Waals surface area contributed by atoms with Crippen molar-refractivity contribution in [3.05, 3.63) is 66.1 Å². The summed E-state index contributed by atoms with van der Waals surface area (Å²) in [5.41, 5.74) is 3.27. The van der Waals surface area contributed by atoms with Crippen LogP contribution in [0.25, 0.3) is 21.9 Å². The summed E-state index contributed by atoms with van der Waals surface area (Å²) in [5, 5.41) is 15.2. The molecule has 0 radical (unpaired) electrons. The molecule has 212 valence electrons. The van der Waals surface area contributed by atoms with E-state index in [4.69, 9.17) is 9.15 Å². The SMILES string of the molecule is C[C@H]1CN([C@@H](C)CN2CCC(NC(=O)c3cc4c(OCc5coc6ccccc56)cccc4[nH]3)CC2)CC[C@@H]1O. The van der Waals surface area contributed by atoms with Gasteiger partial charge in [-0.1, -0.05) is 31.2 Å². The van der Waals surface area contributed by atoms with Gasteiger partial charge in [0.05, 0.1) is 12.4 Å². The predicted octanol–water partition coefficient (Wildman–Crippen LogP) is 4.78. The van der Waals surface area contributed by atoms with Crippen molar-refractivity contribution in [2.24, 2.45) is 5.92 Å². The van der Waals surface area contributed by atoms with Gasteiger partial charge in [0.1, 0.15) is 23.6 Å². The number of hydrogen-bond donors (Lipinski definition) is 3. The average Bonchev–Trinajstić information content (AvgIpc) is 3.59. The van der Waals surface area contributed by atoms with Gasteiger partial charge < -0.3 is 29.5 Å². The third-order valence-electron chi connectivity index (χ3n) is 8.77. The van der Waals surface area contributed by atoms with Gasteiger partial charge in [-0.15, -0.1) is 0 Å². The maximum atomic E-state index is 13.2. The Labute approximate surface area is 235 Å². The highest BCUT2D eigenvalue weighted by Gasteiger charge is 2.29. The summed E-state index contributed by atoms with van der Waals surface area (Å²) in [6.45, 7) is 9.75. The lowest BCUT2D eigenvalue weighted by Crippen LogP contribution is -2.52. The van der Waals surface area contributed by atoms with Gasteiger partial charge in [0, 0.05) is 66.7 Å². The number of carbonyl (C=O) groups is 1. The molecule has 2 aliphatic rings. The second-order valence-corrected chi connectivity index (χ2v) is 11.7. The fourth-order valence-electron chi connectivity index (χ4n) is 6.25. The second-order valence-electron chi connectivity index (χ2n) is 11.7. The monoisotopic (exact) mass is 544 g/mol. The molecule has 2 fully saturated rings. The molecule has 3 N–H and O–H groups in total. The van der Waals surface area contributed by atoms with Crippen molar-refractivity contribution >= 4 is 27.8 Å². The van der Waals surface area contributed by atoms with Crippen molar-refractivity contribution in [2.45, 2.75) is 57.9 Å². The number of ether oxygens (including phenoxy) is 1. The van der Waals surface area contributed by atoms with E-state index in [0.717, 1.165) is 85.2 Å². The van der Waals surface area contributed by atoms with Crippen LogP contribution in [0.3, 0.4) is 0 Å². The molecule has 1 amide bonds. The number of aliphatic hydroxyl groups excluding tert-OH is 1. The zero-order chi connectivity index (χ0) is 27.6. The van der Waals surface area contributed by atoms with Crippen LogP contribution >= 0.6 is 0 Å². The fraction of sp³-hybridized carbons (Fsp3) is 0.469. The second kappa shape index (κ2) is 11.6. The van der Waals surface area contributed by atoms with Gasteiger partial charge in [0.15, 0.2) is 0 Å². The number of nitrogens with one attached hydrogen (secondary N) is 2. The number of aromatic amines is 1. The summed E-state index contributed by atoms with van der Waals surface area (Å²) in [5.74, 6) is 0.995. The number of amides is 1. The standard InChI is InChI=1S/C32H40N4O4/c1-21-17-36(15-12-29(21)37)22(2)18-35-13-10-24(11-14-35)33-32(38)28-16-26-27(34-28)7-5-9-31(26)40-20-23-19-39-30-8-4-3-6-25(23)30/h3-9,16,19,21-22,24,29,34,37H,10-15,17-18,20H2,1-2H3,(H,33,38)/t21-,22-,29-/m0/s1. The summed E-state index contributed by atoms with van der Waals surface area (Å²) >= 11 is 0. The van der Waals surface area contributed by atoms with Crippen molar-refractivity contribution in [3.8, 4) is 5.75 Å². The van der Waals surface area contributed by atoms with E-state index in [9.17, 15) is 9.90 Å². The normalized spacial score (nSPS) is 22.1. The predicted molar refractivity (Wildman–Crippen MR) is 157 cm³/mol. The first-order valence-corrected chi connectivity index (χ1v) is 14.6. The van der Waals surface area contributed by atoms with Gasteiger partial charge in [0.25, 0.3) is 5.91 Å². The van der Waals surface area contributed by atoms with Crippen molar-refractivity contribution < 1.29 is 19.1 Å². The Bertz CT molecular complexity index is 1450. The van der Waals surface area contributed by atoms with E-state index < -0.39 is 0 Å². The molecule has 0 saturated carbocycles. The quantitative estimate of drug-likeness (QED) is 0.296. The first-order chi connectivity index (χ1) is 19.4. The minimum Gasteiger partial charge on any atom is -0.488 e. The molecule has 4 aromatic rings. The van der Waals surface area contributed by atoms with Crippen molar-refractivity contribution in [1.82, 2.24) is 20.1 Å². The molecule has 3 atom stereocenters. The number of piperidine rings is 2. The van der Waals surface area contributed by atoms with Crippen LogP contribution in [0.15, 0.2) is 59.2 Å². The molecular formula is C32H40N4O4. The van der Waals surface area contributed by atoms with Crippen LogP contribution in [0.2, 0.25) is 0 Å². The number of rotatable bonds is 8. The minimum atomic E-state index is -0.165. The summed E-state index contributed by atoms with van der Waals surface area (Å²) < 4.78 is 11.8. The minimum absolute atomic E-state index is 0.0735. The lowest BCUT2D eigenvalue weighted by Gasteiger charge is -2.41. The van der Waals surface area contributed by atoms with Gasteiger partial charge in [-0.25, -0.2) is 0 Å². The fourth-order valence-corrected chi connectivity index (χ4v) is 6.25. The largest absolute Gasteiger partial charge is 0.488 e. The van der Waals surface area contributed by atoms with Crippen molar-refractivity contribution in [3.63, 3.8) is 0 Å². The van der Waals surface area contributed by atoms with Crippen LogP contribution < -0.4 is 10.1 Å². The van der Waals surface area contributed by atoms with Gasteiger partial charge in [-0.3, -0.25) is 9.69 Å². The average molecular weight is 545 g/mol. The Morgan fingerprint density at radius 3 is 2.77 bits per heavy atom. The van der Waals surface area contributed by atoms with E-state index in [-0.39, 0.29) is 18.1 Å². The van der Waals surface area contributed by atoms with E-state index in [1.54, 1.807) is 6.26 Å². The number of para-hydroxylation sites is 1. The molecule has 4 heterocycles. The zero-order valence-electron chi connectivity index (χ0n) is 23.4. The number of likely N-dealkylation sites (tertiary alicyclic amines) is 2. The maximum Gasteiger partial charge on any atom is 0.267 e. The topological polar surface area (TPSA) is 94.0 Å². The van der Waals surface area contributed by atoms with Crippen molar-refractivity contribution in [1.29, 1.82) is 0 Å². The molecule has 0 spiro atoms. The zero-order valence-corrected chi connectivity index (χ0v) is 23.4. The van der Waals surface area contributed by atoms with E-state index >= 15 is 0 Å². The van der Waals surface area contributed by atoms with E-state index in [1.165, 1.54) is 0 Å². The first-order valence-electron chi connectivity index (χ1n) is 14.6. The number of nitrogens with zero attached hydrogens (tertiary/aromatic N) is 2. The number of furan rings is 1. The van der Waals surface area contributed by atoms with Crippen LogP contribution in [-0.2, 0) is 6.61 Å². The highest BCUT2D eigenvalue weighted by atomic mass is 16.5. The Balaban J connectivity index is 1.02. The molecule has 8 heteroatoms. The lowest BCUT2D eigenvalue weighted by molar-refractivity contribution is 0.0115. The lowest BCUT2D eigenvalue weighted by atomic mass is 9.95. The number of aliphatic hydroxyl groups is 1. The van der Waals surface area contributed by atoms with Gasteiger partial charge >= 0.3 is 0 Å². The third-order valence-corrected chi connectivity index (χ3v) is 8.77. The smallest absolute Gasteiger partial charge is 0.267 e. The molecule has 2 aromatic carbocycles. The molecule has 0 aliphatic carbocycles. The molecule has 0 unspecified atom stereocenters. The van der Waals surface area contributed by atoms with Crippen LogP contribution in [0.5, 0.6) is 5.75 Å². The van der Waals surface area contributed by atoms with E-state index in [0.29, 0.717) is 24.3 Å². The molecule has 0 bridgehead atoms. The Morgan fingerprint density at radius 2 is 1.95 bits per heavy atom. The molecule has 2 aromatic heterocycles. The highest BCUT2D eigenvalue weighted by molar-refractivity contribution is 5.99. The Morgan fingerprint density at radius 1 is 1.12 bits per heavy atom. The number of fused-ring (bicyclic) bond motifs is 2. The van der Waals surface area contributed by atoms with Gasteiger partial charge in [0.2, 0.25) is 0 Å². The Kier molecular flexibility index (Phi) is 7.82. The molecular weight excluding hydrogens is 504 g/mol.